The standard InChI is InChI=1S/C18H12Cl2N4O4/c19-10-3-1-9(2-4-10)15(25)22-13-14(23-18(28)24-17(13)27)16(26)21-12-7-5-11(20)6-8-12/h1-8H,(H,21,26)(H,22,25)(H2,23,24,27,28). The van der Waals surface area contributed by atoms with Crippen molar-refractivity contribution in [3.8, 4) is 0 Å². The van der Waals surface area contributed by atoms with E-state index in [1.807, 2.05) is 4.98 Å². The highest BCUT2D eigenvalue weighted by molar-refractivity contribution is 6.31. The maximum Gasteiger partial charge on any atom is 0.326 e. The summed E-state index contributed by atoms with van der Waals surface area (Å²) in [6.45, 7) is 0. The Morgan fingerprint density at radius 3 is 1.93 bits per heavy atom. The van der Waals surface area contributed by atoms with Crippen molar-refractivity contribution in [3.63, 3.8) is 0 Å². The number of nitrogens with one attached hydrogen (secondary N) is 4. The predicted molar refractivity (Wildman–Crippen MR) is 106 cm³/mol. The number of halogens is 2. The lowest BCUT2D eigenvalue weighted by molar-refractivity contribution is 0.102. The molecule has 3 rings (SSSR count). The molecule has 0 saturated heterocycles. The van der Waals surface area contributed by atoms with Crippen LogP contribution in [0.25, 0.3) is 0 Å². The molecule has 0 fully saturated rings. The van der Waals surface area contributed by atoms with Crippen molar-refractivity contribution >= 4 is 46.4 Å². The van der Waals surface area contributed by atoms with E-state index in [1.165, 1.54) is 36.4 Å². The van der Waals surface area contributed by atoms with Gasteiger partial charge in [-0.2, -0.15) is 0 Å². The van der Waals surface area contributed by atoms with E-state index in [4.69, 9.17) is 23.2 Å². The van der Waals surface area contributed by atoms with Gasteiger partial charge < -0.3 is 15.6 Å². The van der Waals surface area contributed by atoms with E-state index < -0.39 is 34.4 Å². The van der Waals surface area contributed by atoms with Crippen molar-refractivity contribution in [1.29, 1.82) is 0 Å². The molecule has 1 heterocycles. The van der Waals surface area contributed by atoms with Crippen molar-refractivity contribution < 1.29 is 9.59 Å². The lowest BCUT2D eigenvalue weighted by Crippen LogP contribution is -2.32. The van der Waals surface area contributed by atoms with Gasteiger partial charge in [-0.15, -0.1) is 0 Å². The molecule has 0 unspecified atom stereocenters. The molecule has 1 aromatic heterocycles. The zero-order chi connectivity index (χ0) is 20.3. The van der Waals surface area contributed by atoms with E-state index >= 15 is 0 Å². The van der Waals surface area contributed by atoms with Crippen LogP contribution in [0.1, 0.15) is 20.8 Å². The summed E-state index contributed by atoms with van der Waals surface area (Å²) in [5, 5.41) is 5.75. The number of carbonyl (C=O) groups excluding carboxylic acids is 2. The van der Waals surface area contributed by atoms with Gasteiger partial charge in [0.2, 0.25) is 0 Å². The van der Waals surface area contributed by atoms with Crippen LogP contribution >= 0.6 is 23.2 Å². The van der Waals surface area contributed by atoms with Gasteiger partial charge in [-0.1, -0.05) is 23.2 Å². The van der Waals surface area contributed by atoms with Gasteiger partial charge in [0, 0.05) is 21.3 Å². The van der Waals surface area contributed by atoms with Crippen molar-refractivity contribution in [2.24, 2.45) is 0 Å². The molecule has 0 saturated carbocycles. The highest BCUT2D eigenvalue weighted by Gasteiger charge is 2.19. The summed E-state index contributed by atoms with van der Waals surface area (Å²) in [6, 6.07) is 12.1. The summed E-state index contributed by atoms with van der Waals surface area (Å²) < 4.78 is 0. The van der Waals surface area contributed by atoms with E-state index in [1.54, 1.807) is 12.1 Å². The van der Waals surface area contributed by atoms with E-state index in [0.29, 0.717) is 15.7 Å². The molecule has 0 bridgehead atoms. The summed E-state index contributed by atoms with van der Waals surface area (Å²) >= 11 is 11.6. The number of anilines is 2. The number of hydrogen-bond acceptors (Lipinski definition) is 4. The normalized spacial score (nSPS) is 10.4. The Labute approximate surface area is 167 Å². The molecule has 4 N–H and O–H groups in total. The number of aromatic nitrogens is 2. The topological polar surface area (TPSA) is 124 Å². The highest BCUT2D eigenvalue weighted by atomic mass is 35.5. The molecule has 28 heavy (non-hydrogen) atoms. The van der Waals surface area contributed by atoms with Gasteiger partial charge in [0.05, 0.1) is 0 Å². The quantitative estimate of drug-likeness (QED) is 0.519. The number of hydrogen-bond donors (Lipinski definition) is 4. The Morgan fingerprint density at radius 2 is 1.32 bits per heavy atom. The summed E-state index contributed by atoms with van der Waals surface area (Å²) in [5.74, 6) is -1.45. The SMILES string of the molecule is O=C(Nc1c(C(=O)Nc2ccc(Cl)cc2)[nH]c(=O)[nH]c1=O)c1ccc(Cl)cc1. The predicted octanol–water partition coefficient (Wildman–Crippen LogP) is 2.87. The minimum Gasteiger partial charge on any atom is -0.321 e. The molecule has 8 nitrogen and oxygen atoms in total. The summed E-state index contributed by atoms with van der Waals surface area (Å²) in [4.78, 5) is 52.9. The van der Waals surface area contributed by atoms with Crippen LogP contribution in [0.2, 0.25) is 10.0 Å². The smallest absolute Gasteiger partial charge is 0.321 e. The molecule has 142 valence electrons. The second-order valence-corrected chi connectivity index (χ2v) is 6.45. The first kappa shape index (κ1) is 19.4. The lowest BCUT2D eigenvalue weighted by Gasteiger charge is -2.10. The number of amides is 2. The first-order chi connectivity index (χ1) is 13.3. The third kappa shape index (κ3) is 4.48. The zero-order valence-electron chi connectivity index (χ0n) is 14.0. The van der Waals surface area contributed by atoms with Crippen molar-refractivity contribution in [1.82, 2.24) is 9.97 Å². The van der Waals surface area contributed by atoms with Crippen LogP contribution in [0.4, 0.5) is 11.4 Å². The van der Waals surface area contributed by atoms with Crippen LogP contribution in [0.3, 0.4) is 0 Å². The summed E-state index contributed by atoms with van der Waals surface area (Å²) in [5.41, 5.74) is -2.02. The number of benzene rings is 2. The molecular weight excluding hydrogens is 407 g/mol. The second kappa shape index (κ2) is 8.12. The van der Waals surface area contributed by atoms with Crippen LogP contribution in [-0.2, 0) is 0 Å². The number of rotatable bonds is 4. The van der Waals surface area contributed by atoms with E-state index in [2.05, 4.69) is 15.6 Å². The van der Waals surface area contributed by atoms with Gasteiger partial charge in [-0.3, -0.25) is 19.4 Å². The van der Waals surface area contributed by atoms with Gasteiger partial charge in [-0.25, -0.2) is 4.79 Å². The van der Waals surface area contributed by atoms with Gasteiger partial charge in [0.15, 0.2) is 0 Å². The molecule has 0 radical (unpaired) electrons. The average Bonchev–Trinajstić information content (AvgIpc) is 2.66. The zero-order valence-corrected chi connectivity index (χ0v) is 15.5. The van der Waals surface area contributed by atoms with Crippen LogP contribution in [-0.4, -0.2) is 21.8 Å². The molecule has 10 heteroatoms. The van der Waals surface area contributed by atoms with Gasteiger partial charge in [0.25, 0.3) is 17.4 Å². The number of aromatic amines is 2. The van der Waals surface area contributed by atoms with Crippen molar-refractivity contribution in [2.45, 2.75) is 0 Å². The Hall–Kier alpha value is -3.36. The molecule has 0 spiro atoms. The highest BCUT2D eigenvalue weighted by Crippen LogP contribution is 2.16. The Balaban J connectivity index is 1.93. The lowest BCUT2D eigenvalue weighted by atomic mass is 10.2. The van der Waals surface area contributed by atoms with Crippen molar-refractivity contribution in [3.05, 3.63) is 90.7 Å². The molecule has 0 aliphatic heterocycles. The van der Waals surface area contributed by atoms with Crippen LogP contribution in [0.5, 0.6) is 0 Å². The molecule has 2 amide bonds. The first-order valence-corrected chi connectivity index (χ1v) is 8.59. The molecule has 0 aliphatic carbocycles. The minimum atomic E-state index is -0.924. The second-order valence-electron chi connectivity index (χ2n) is 5.58. The molecule has 2 aromatic carbocycles. The Bertz CT molecular complexity index is 1150. The largest absolute Gasteiger partial charge is 0.326 e. The van der Waals surface area contributed by atoms with Gasteiger partial charge in [0.1, 0.15) is 11.4 Å². The van der Waals surface area contributed by atoms with Crippen LogP contribution in [0, 0.1) is 0 Å². The molecule has 3 aromatic rings. The minimum absolute atomic E-state index is 0.207. The molecular formula is C18H12Cl2N4O4. The van der Waals surface area contributed by atoms with E-state index in [9.17, 15) is 19.2 Å². The van der Waals surface area contributed by atoms with Crippen molar-refractivity contribution in [2.75, 3.05) is 10.6 Å². The fraction of sp³-hybridized carbons (Fsp3) is 0. The van der Waals surface area contributed by atoms with Crippen LogP contribution < -0.4 is 21.9 Å². The maximum absolute atomic E-state index is 12.6. The Morgan fingerprint density at radius 1 is 0.750 bits per heavy atom. The summed E-state index contributed by atoms with van der Waals surface area (Å²) in [7, 11) is 0. The average molecular weight is 419 g/mol. The third-order valence-electron chi connectivity index (χ3n) is 3.62. The molecule has 0 aliphatic rings. The maximum atomic E-state index is 12.6. The van der Waals surface area contributed by atoms with E-state index in [0.717, 1.165) is 0 Å². The Kier molecular flexibility index (Phi) is 5.62. The monoisotopic (exact) mass is 418 g/mol. The fourth-order valence-corrected chi connectivity index (χ4v) is 2.54. The van der Waals surface area contributed by atoms with Gasteiger partial charge in [-0.05, 0) is 48.5 Å². The molecule has 0 atom stereocenters. The summed E-state index contributed by atoms with van der Waals surface area (Å²) in [6.07, 6.45) is 0. The fourth-order valence-electron chi connectivity index (χ4n) is 2.29. The van der Waals surface area contributed by atoms with Crippen LogP contribution in [0.15, 0.2) is 58.1 Å². The van der Waals surface area contributed by atoms with Gasteiger partial charge >= 0.3 is 5.69 Å². The first-order valence-electron chi connectivity index (χ1n) is 7.84. The van der Waals surface area contributed by atoms with E-state index in [-0.39, 0.29) is 5.56 Å². The number of H-pyrrole nitrogens is 2. The third-order valence-corrected chi connectivity index (χ3v) is 4.12. The number of carbonyl (C=O) groups is 2.